The topological polar surface area (TPSA) is 101 Å². The first-order chi connectivity index (χ1) is 11.4. The van der Waals surface area contributed by atoms with E-state index < -0.39 is 22.6 Å². The fourth-order valence-corrected chi connectivity index (χ4v) is 1.96. The molecular formula is C15H11ClFN3O4. The monoisotopic (exact) mass is 351 g/mol. The van der Waals surface area contributed by atoms with E-state index in [4.69, 9.17) is 11.6 Å². The van der Waals surface area contributed by atoms with E-state index in [2.05, 4.69) is 10.6 Å². The molecule has 2 amide bonds. The van der Waals surface area contributed by atoms with Crippen molar-refractivity contribution in [2.45, 2.75) is 6.54 Å². The Balaban J connectivity index is 2.02. The number of carbonyl (C=O) groups is 2. The second-order valence-electron chi connectivity index (χ2n) is 4.65. The number of anilines is 1. The normalized spacial score (nSPS) is 10.1. The molecule has 0 heterocycles. The first-order valence-electron chi connectivity index (χ1n) is 6.65. The summed E-state index contributed by atoms with van der Waals surface area (Å²) in [6, 6.07) is 9.20. The van der Waals surface area contributed by atoms with Crippen LogP contribution in [0, 0.1) is 15.9 Å². The van der Waals surface area contributed by atoms with E-state index in [9.17, 15) is 24.1 Å². The van der Waals surface area contributed by atoms with Crippen molar-refractivity contribution < 1.29 is 18.9 Å². The first kappa shape index (κ1) is 17.4. The number of rotatable bonds is 4. The molecule has 0 aliphatic heterocycles. The number of nitrogens with zero attached hydrogens (tertiary/aromatic N) is 1. The van der Waals surface area contributed by atoms with E-state index in [1.807, 2.05) is 0 Å². The van der Waals surface area contributed by atoms with Crippen LogP contribution in [0.3, 0.4) is 0 Å². The van der Waals surface area contributed by atoms with E-state index in [0.717, 1.165) is 12.1 Å². The number of nitrogens with one attached hydrogen (secondary N) is 2. The van der Waals surface area contributed by atoms with Crippen molar-refractivity contribution >= 4 is 34.8 Å². The fourth-order valence-electron chi connectivity index (χ4n) is 1.80. The highest BCUT2D eigenvalue weighted by molar-refractivity contribution is 6.41. The van der Waals surface area contributed by atoms with Gasteiger partial charge in [0, 0.05) is 24.2 Å². The maximum atomic E-state index is 13.4. The van der Waals surface area contributed by atoms with Crippen LogP contribution in [0.15, 0.2) is 42.5 Å². The Bertz CT molecular complexity index is 813. The largest absolute Gasteiger partial charge is 0.344 e. The van der Waals surface area contributed by atoms with Crippen LogP contribution in [0.4, 0.5) is 15.8 Å². The van der Waals surface area contributed by atoms with Gasteiger partial charge in [-0.15, -0.1) is 0 Å². The number of non-ortho nitro benzene ring substituents is 1. The van der Waals surface area contributed by atoms with Crippen molar-refractivity contribution in [2.75, 3.05) is 5.32 Å². The predicted octanol–water partition coefficient (Wildman–Crippen LogP) is 2.64. The van der Waals surface area contributed by atoms with E-state index in [1.54, 1.807) is 6.07 Å². The van der Waals surface area contributed by atoms with Crippen molar-refractivity contribution in [3.05, 3.63) is 69.0 Å². The summed E-state index contributed by atoms with van der Waals surface area (Å²) >= 11 is 5.82. The maximum absolute atomic E-state index is 13.4. The van der Waals surface area contributed by atoms with Gasteiger partial charge in [-0.3, -0.25) is 19.7 Å². The molecule has 2 N–H and O–H groups in total. The van der Waals surface area contributed by atoms with Gasteiger partial charge in [0.2, 0.25) is 0 Å². The summed E-state index contributed by atoms with van der Waals surface area (Å²) in [6.45, 7) is -0.179. The summed E-state index contributed by atoms with van der Waals surface area (Å²) in [6.07, 6.45) is 0. The summed E-state index contributed by atoms with van der Waals surface area (Å²) in [5, 5.41) is 15.2. The second-order valence-corrected chi connectivity index (χ2v) is 5.06. The van der Waals surface area contributed by atoms with Crippen LogP contribution in [-0.4, -0.2) is 16.7 Å². The average Bonchev–Trinajstić information content (AvgIpc) is 2.55. The summed E-state index contributed by atoms with van der Waals surface area (Å²) in [4.78, 5) is 33.6. The molecule has 7 nitrogen and oxygen atoms in total. The molecule has 0 saturated carbocycles. The van der Waals surface area contributed by atoms with Gasteiger partial charge in [0.1, 0.15) is 5.82 Å². The third kappa shape index (κ3) is 4.26. The van der Waals surface area contributed by atoms with Gasteiger partial charge in [0.05, 0.1) is 15.6 Å². The molecule has 0 saturated heterocycles. The maximum Gasteiger partial charge on any atom is 0.313 e. The van der Waals surface area contributed by atoms with Gasteiger partial charge in [-0.25, -0.2) is 4.39 Å². The lowest BCUT2D eigenvalue weighted by Crippen LogP contribution is -2.35. The van der Waals surface area contributed by atoms with Crippen LogP contribution in [0.2, 0.25) is 5.02 Å². The second kappa shape index (κ2) is 7.51. The Morgan fingerprint density at radius 3 is 2.54 bits per heavy atom. The van der Waals surface area contributed by atoms with Crippen LogP contribution in [0.5, 0.6) is 0 Å². The number of nitro groups is 1. The molecule has 0 bridgehead atoms. The zero-order valence-electron chi connectivity index (χ0n) is 12.1. The number of carbonyl (C=O) groups excluding carboxylic acids is 2. The van der Waals surface area contributed by atoms with Crippen LogP contribution in [0.25, 0.3) is 0 Å². The van der Waals surface area contributed by atoms with Gasteiger partial charge >= 0.3 is 11.8 Å². The molecule has 0 radical (unpaired) electrons. The molecule has 0 atom stereocenters. The van der Waals surface area contributed by atoms with Crippen molar-refractivity contribution in [3.63, 3.8) is 0 Å². The quantitative estimate of drug-likeness (QED) is 0.502. The molecular weight excluding hydrogens is 341 g/mol. The van der Waals surface area contributed by atoms with E-state index in [0.29, 0.717) is 0 Å². The smallest absolute Gasteiger partial charge is 0.313 e. The lowest BCUT2D eigenvalue weighted by atomic mass is 10.2. The summed E-state index contributed by atoms with van der Waals surface area (Å²) in [5.74, 6) is -2.62. The fraction of sp³-hybridized carbons (Fsp3) is 0.0667. The molecule has 9 heteroatoms. The number of nitro benzene ring substituents is 1. The molecule has 0 unspecified atom stereocenters. The van der Waals surface area contributed by atoms with Gasteiger partial charge < -0.3 is 10.6 Å². The van der Waals surface area contributed by atoms with E-state index in [1.165, 1.54) is 24.3 Å². The van der Waals surface area contributed by atoms with Crippen LogP contribution in [0.1, 0.15) is 5.56 Å². The molecule has 0 fully saturated rings. The lowest BCUT2D eigenvalue weighted by Gasteiger charge is -2.08. The van der Waals surface area contributed by atoms with E-state index in [-0.39, 0.29) is 28.5 Å². The highest BCUT2D eigenvalue weighted by atomic mass is 35.5. The molecule has 0 aliphatic rings. The Kier molecular flexibility index (Phi) is 5.43. The number of hydrogen-bond acceptors (Lipinski definition) is 4. The number of hydrogen-bond donors (Lipinski definition) is 2. The standard InChI is InChI=1S/C15H11ClFN3O4/c16-11-6-5-10(20(23)24)7-13(11)19-15(22)14(21)18-8-9-3-1-2-4-12(9)17/h1-7H,8H2,(H,18,21)(H,19,22). The minimum atomic E-state index is -1.08. The Morgan fingerprint density at radius 1 is 1.17 bits per heavy atom. The van der Waals surface area contributed by atoms with Crippen LogP contribution < -0.4 is 10.6 Å². The lowest BCUT2D eigenvalue weighted by molar-refractivity contribution is -0.384. The minimum absolute atomic E-state index is 0.0378. The molecule has 0 spiro atoms. The Morgan fingerprint density at radius 2 is 1.88 bits per heavy atom. The van der Waals surface area contributed by atoms with Gasteiger partial charge in [0.15, 0.2) is 0 Å². The number of benzene rings is 2. The molecule has 0 aliphatic carbocycles. The molecule has 2 aromatic carbocycles. The zero-order chi connectivity index (χ0) is 17.7. The van der Waals surface area contributed by atoms with Crippen molar-refractivity contribution in [2.24, 2.45) is 0 Å². The highest BCUT2D eigenvalue weighted by Gasteiger charge is 2.17. The zero-order valence-corrected chi connectivity index (χ0v) is 12.8. The summed E-state index contributed by atoms with van der Waals surface area (Å²) < 4.78 is 13.4. The Labute approximate surface area is 140 Å². The van der Waals surface area contributed by atoms with Gasteiger partial charge in [0.25, 0.3) is 5.69 Å². The SMILES string of the molecule is O=C(NCc1ccccc1F)C(=O)Nc1cc([N+](=O)[O-])ccc1Cl. The van der Waals surface area contributed by atoms with E-state index >= 15 is 0 Å². The Hall–Kier alpha value is -3.00. The third-order valence-electron chi connectivity index (χ3n) is 3.01. The minimum Gasteiger partial charge on any atom is -0.344 e. The van der Waals surface area contributed by atoms with Crippen LogP contribution >= 0.6 is 11.6 Å². The predicted molar refractivity (Wildman–Crippen MR) is 85.0 cm³/mol. The van der Waals surface area contributed by atoms with Crippen molar-refractivity contribution in [1.82, 2.24) is 5.32 Å². The van der Waals surface area contributed by atoms with Crippen LogP contribution in [-0.2, 0) is 16.1 Å². The number of halogens is 2. The van der Waals surface area contributed by atoms with Gasteiger partial charge in [-0.05, 0) is 12.1 Å². The average molecular weight is 352 g/mol. The first-order valence-corrected chi connectivity index (χ1v) is 7.03. The summed E-state index contributed by atoms with van der Waals surface area (Å²) in [7, 11) is 0. The molecule has 124 valence electrons. The molecule has 2 rings (SSSR count). The summed E-state index contributed by atoms with van der Waals surface area (Å²) in [5.41, 5.74) is -0.148. The van der Waals surface area contributed by atoms with Crippen molar-refractivity contribution in [1.29, 1.82) is 0 Å². The third-order valence-corrected chi connectivity index (χ3v) is 3.34. The highest BCUT2D eigenvalue weighted by Crippen LogP contribution is 2.26. The van der Waals surface area contributed by atoms with Gasteiger partial charge in [-0.1, -0.05) is 29.8 Å². The molecule has 0 aromatic heterocycles. The molecule has 24 heavy (non-hydrogen) atoms. The molecule has 2 aromatic rings. The van der Waals surface area contributed by atoms with Gasteiger partial charge in [-0.2, -0.15) is 0 Å². The number of amides is 2. The van der Waals surface area contributed by atoms with Crippen molar-refractivity contribution in [3.8, 4) is 0 Å².